The van der Waals surface area contributed by atoms with Crippen LogP contribution < -0.4 is 49.0 Å². The summed E-state index contributed by atoms with van der Waals surface area (Å²) in [6.07, 6.45) is 12.3. The Labute approximate surface area is 797 Å². The Kier molecular flexibility index (Phi) is 21.7. The number of aryl methyl sites for hydroxylation is 5. The van der Waals surface area contributed by atoms with Crippen LogP contribution in [0.2, 0.25) is 0 Å². The first-order chi connectivity index (χ1) is 66.6. The summed E-state index contributed by atoms with van der Waals surface area (Å²) in [7, 11) is 6.25. The molecule has 137 heavy (non-hydrogen) atoms. The summed E-state index contributed by atoms with van der Waals surface area (Å²) < 4.78 is 31.7. The number of rotatable bonds is 9. The summed E-state index contributed by atoms with van der Waals surface area (Å²) in [5.74, 6) is 4.66. The van der Waals surface area contributed by atoms with Gasteiger partial charge in [0.25, 0.3) is 0 Å². The van der Waals surface area contributed by atoms with E-state index in [1.807, 2.05) is 92.2 Å². The zero-order chi connectivity index (χ0) is 94.2. The highest BCUT2D eigenvalue weighted by atomic mass is 16.3. The third-order valence-electron chi connectivity index (χ3n) is 28.6. The number of hydrogen-bond donors (Lipinski definition) is 0. The second-order valence-corrected chi connectivity index (χ2v) is 37.3. The summed E-state index contributed by atoms with van der Waals surface area (Å²) in [5.41, 5.74) is 30.9. The average Bonchev–Trinajstić information content (AvgIpc) is 1.57. The minimum absolute atomic E-state index is 0.106. The molecule has 5 aliphatic rings. The van der Waals surface area contributed by atoms with Crippen molar-refractivity contribution in [1.82, 2.24) is 19.9 Å². The van der Waals surface area contributed by atoms with Crippen molar-refractivity contribution >= 4 is 196 Å². The number of hydrogen-bond acceptors (Lipinski definition) is 19. The molecule has 5 aliphatic heterocycles. The van der Waals surface area contributed by atoms with Crippen molar-refractivity contribution in [3.63, 3.8) is 0 Å². The van der Waals surface area contributed by atoms with Crippen LogP contribution in [0.1, 0.15) is 113 Å². The molecule has 682 valence electrons. The molecule has 0 spiro atoms. The van der Waals surface area contributed by atoms with Gasteiger partial charge in [-0.3, -0.25) is 4.90 Å². The van der Waals surface area contributed by atoms with Gasteiger partial charge >= 0.3 is 0 Å². The van der Waals surface area contributed by atoms with E-state index in [9.17, 15) is 0 Å². The number of benzene rings is 13. The molecule has 0 fully saturated rings. The predicted octanol–water partition coefficient (Wildman–Crippen LogP) is 30.9. The molecule has 0 N–H and O–H groups in total. The van der Waals surface area contributed by atoms with E-state index in [1.54, 1.807) is 12.4 Å². The third kappa shape index (κ3) is 14.2. The Morgan fingerprint density at radius 3 is 0.985 bits per heavy atom. The lowest BCUT2D eigenvalue weighted by molar-refractivity contribution is 0.660. The van der Waals surface area contributed by atoms with Gasteiger partial charge in [0.2, 0.25) is 0 Å². The van der Waals surface area contributed by atoms with Crippen molar-refractivity contribution in [1.29, 1.82) is 0 Å². The van der Waals surface area contributed by atoms with E-state index in [0.717, 1.165) is 168 Å². The van der Waals surface area contributed by atoms with Gasteiger partial charge in [0.15, 0.2) is 51.2 Å². The molecule has 8 aromatic heterocycles. The molecule has 13 aromatic carbocycles. The van der Waals surface area contributed by atoms with Crippen molar-refractivity contribution < 1.29 is 22.1 Å². The number of nitrogens with zero attached hydrogens (tertiary/aromatic N) is 14. The fourth-order valence-electron chi connectivity index (χ4n) is 21.3. The largest absolute Gasteiger partial charge is 0.454 e. The maximum absolute atomic E-state index is 6.42. The van der Waals surface area contributed by atoms with E-state index in [2.05, 4.69) is 399 Å². The molecule has 0 aliphatic carbocycles. The average molecular weight is 1800 g/mol. The first-order valence-corrected chi connectivity index (χ1v) is 47.5. The lowest BCUT2D eigenvalue weighted by atomic mass is 9.92. The Morgan fingerprint density at radius 1 is 0.234 bits per heavy atom. The monoisotopic (exact) mass is 1800 g/mol. The highest BCUT2D eigenvalue weighted by Crippen LogP contribution is 2.55. The standard InChI is InChI=1S/C29H32N2O.C27H22N2O.2C21H19N3O.C20H18N4O/c1-18(2)22-11-9-12-23(19(3)4)28(22)31-17-16-30(21(31)6)27-20(5)14-15-25-24-10-7-8-13-26(24)32-29(25)27;1-18-16-17-22-21-12-6-9-15-25(21)30-27(22)26(18)29-19(2)28(20-10-4-3-5-11-20)23-13-7-8-14-24(23)29;1-13-10-11-16-15-7-4-5-9-18(15)25-20(16)19(13)24-14(2)23(3)21-17(24)8-6-12-22-21;1-13-10-11-16-15-7-4-5-9-18(15)25-20(16)19(13)24-14(2)23(3)17-8-6-12-22-21(17)24;1-12-8-9-15-14-6-4-5-7-16(14)25-18(15)17(12)24-13(2)23(3)19-20(24)22-11-10-21-19/h7-19,21H,1-6H3;3-17,19H,1-2H3;2*4-12,14H,1-3H3;4-11,13H,1-3H3/t21-;19-;2*14-;13-/m10000/s1. The Bertz CT molecular complexity index is 7840. The fraction of sp³-hybridized carbons (Fsp3) is 0.203. The quantitative estimate of drug-likeness (QED) is 0.135. The number of pyridine rings is 2. The Balaban J connectivity index is 0.0000000994. The smallest absolute Gasteiger partial charge is 0.178 e. The molecule has 0 saturated heterocycles. The minimum atomic E-state index is 0.106. The molecule has 5 atom stereocenters. The molecule has 0 saturated carbocycles. The van der Waals surface area contributed by atoms with Gasteiger partial charge in [0.1, 0.15) is 58.7 Å². The van der Waals surface area contributed by atoms with Gasteiger partial charge < -0.3 is 66.2 Å². The van der Waals surface area contributed by atoms with Crippen molar-refractivity contribution in [2.75, 3.05) is 70.1 Å². The second kappa shape index (κ2) is 34.5. The van der Waals surface area contributed by atoms with Gasteiger partial charge in [-0.2, -0.15) is 0 Å². The highest BCUT2D eigenvalue weighted by molar-refractivity contribution is 6.16. The van der Waals surface area contributed by atoms with Crippen molar-refractivity contribution in [3.8, 4) is 0 Å². The van der Waals surface area contributed by atoms with Crippen LogP contribution in [-0.4, -0.2) is 71.9 Å². The number of aromatic nitrogens is 4. The predicted molar refractivity (Wildman–Crippen MR) is 568 cm³/mol. The topological polar surface area (TPSA) is 150 Å². The van der Waals surface area contributed by atoms with E-state index in [-0.39, 0.29) is 30.8 Å². The van der Waals surface area contributed by atoms with Crippen LogP contribution in [0.5, 0.6) is 0 Å². The molecule has 13 heterocycles. The van der Waals surface area contributed by atoms with E-state index in [0.29, 0.717) is 11.8 Å². The van der Waals surface area contributed by atoms with Crippen molar-refractivity contribution in [2.45, 2.75) is 140 Å². The highest BCUT2D eigenvalue weighted by Gasteiger charge is 2.42. The van der Waals surface area contributed by atoms with Crippen LogP contribution in [0.25, 0.3) is 110 Å². The van der Waals surface area contributed by atoms with E-state index in [4.69, 9.17) is 22.1 Å². The van der Waals surface area contributed by atoms with Crippen LogP contribution in [0.4, 0.5) is 85.8 Å². The normalized spacial score (nSPS) is 16.5. The summed E-state index contributed by atoms with van der Waals surface area (Å²) in [6.45, 7) is 31.0. The Hall–Kier alpha value is -16.0. The van der Waals surface area contributed by atoms with Gasteiger partial charge in [-0.25, -0.2) is 19.9 Å². The van der Waals surface area contributed by atoms with Crippen molar-refractivity contribution in [3.05, 3.63) is 355 Å². The second-order valence-electron chi connectivity index (χ2n) is 37.3. The minimum Gasteiger partial charge on any atom is -0.454 e. The number of para-hydroxylation sites is 9. The van der Waals surface area contributed by atoms with Gasteiger partial charge in [-0.15, -0.1) is 0 Å². The van der Waals surface area contributed by atoms with Crippen LogP contribution in [0.15, 0.2) is 338 Å². The molecule has 19 nitrogen and oxygen atoms in total. The zero-order valence-corrected chi connectivity index (χ0v) is 80.4. The van der Waals surface area contributed by atoms with Crippen LogP contribution in [0.3, 0.4) is 0 Å². The van der Waals surface area contributed by atoms with Gasteiger partial charge in [0, 0.05) is 124 Å². The molecule has 0 bridgehead atoms. The first-order valence-electron chi connectivity index (χ1n) is 47.5. The summed E-state index contributed by atoms with van der Waals surface area (Å²) in [4.78, 5) is 41.4. The van der Waals surface area contributed by atoms with Crippen LogP contribution in [0, 0.1) is 34.6 Å². The molecule has 19 heteroatoms. The summed E-state index contributed by atoms with van der Waals surface area (Å²) in [5, 5.41) is 11.5. The van der Waals surface area contributed by atoms with Gasteiger partial charge in [0.05, 0.1) is 51.2 Å². The molecule has 0 radical (unpaired) electrons. The fourth-order valence-corrected chi connectivity index (χ4v) is 21.3. The van der Waals surface area contributed by atoms with E-state index in [1.165, 1.54) is 66.9 Å². The molecular weight excluding hydrogens is 1690 g/mol. The summed E-state index contributed by atoms with van der Waals surface area (Å²) in [6, 6.07) is 97.2. The first kappa shape index (κ1) is 86.4. The molecule has 21 aromatic rings. The van der Waals surface area contributed by atoms with E-state index < -0.39 is 0 Å². The van der Waals surface area contributed by atoms with Crippen molar-refractivity contribution in [2.24, 2.45) is 0 Å². The summed E-state index contributed by atoms with van der Waals surface area (Å²) >= 11 is 0. The number of anilines is 15. The lowest BCUT2D eigenvalue weighted by Crippen LogP contribution is -2.37. The lowest BCUT2D eigenvalue weighted by Gasteiger charge is -2.34. The maximum atomic E-state index is 6.42. The molecular formula is C118H110N14O5. The Morgan fingerprint density at radius 2 is 0.547 bits per heavy atom. The van der Waals surface area contributed by atoms with Crippen LogP contribution in [-0.2, 0) is 0 Å². The molecule has 0 unspecified atom stereocenters. The van der Waals surface area contributed by atoms with Gasteiger partial charge in [-0.05, 0) is 199 Å². The molecule has 0 amide bonds. The van der Waals surface area contributed by atoms with E-state index >= 15 is 0 Å². The number of furan rings is 5. The third-order valence-corrected chi connectivity index (χ3v) is 28.6. The molecule has 26 rings (SSSR count). The zero-order valence-electron chi connectivity index (χ0n) is 80.4. The maximum Gasteiger partial charge on any atom is 0.178 e. The SMILES string of the molecule is Cc1ccc2c(oc3ccccc32)c1N1C=CN(c2c(C(C)C)cccc2C(C)C)[C@@H]1C.Cc1ccc2c(oc3ccccc32)c1N1c2ccccc2N(c2ccccc2)[C@@H]1C.Cc1ccc2c(oc3ccccc32)c1N1c2cccnc2N(C)[C@@H]1C.Cc1ccc2c(oc3ccccc32)c1N1c2ncccc2N(C)[C@@H]1C.Cc1ccc2c(oc3ccccc32)c1N1c2nccnc2N(C)[C@@H]1C. The number of fused-ring (bicyclic) bond motifs is 19. The van der Waals surface area contributed by atoms with Gasteiger partial charge in [-0.1, -0.05) is 228 Å². The van der Waals surface area contributed by atoms with Crippen LogP contribution >= 0.6 is 0 Å².